The summed E-state index contributed by atoms with van der Waals surface area (Å²) in [5, 5.41) is 0. The van der Waals surface area contributed by atoms with Crippen LogP contribution in [0.1, 0.15) is 0 Å². The molecule has 1 aliphatic heterocycles. The molecule has 1 heterocycles. The van der Waals surface area contributed by atoms with Gasteiger partial charge in [0, 0.05) is 0 Å². The zero-order valence-electron chi connectivity index (χ0n) is 3.76. The van der Waals surface area contributed by atoms with Gasteiger partial charge in [-0.05, 0) is 6.08 Å². The monoisotopic (exact) mass is 97.0 g/mol. The van der Waals surface area contributed by atoms with Gasteiger partial charge in [-0.3, -0.25) is 0 Å². The summed E-state index contributed by atoms with van der Waals surface area (Å²) in [6, 6.07) is 0. The second kappa shape index (κ2) is 2.42. The van der Waals surface area contributed by atoms with E-state index < -0.39 is 0 Å². The quantitative estimate of drug-likeness (QED) is 0.416. The highest BCUT2D eigenvalue weighted by Crippen LogP contribution is 1.87. The van der Waals surface area contributed by atoms with Crippen molar-refractivity contribution >= 4 is 0 Å². The molecule has 2 heteroatoms. The van der Waals surface area contributed by atoms with Gasteiger partial charge in [0.2, 0.25) is 6.26 Å². The van der Waals surface area contributed by atoms with Crippen molar-refractivity contribution in [2.45, 2.75) is 0 Å². The lowest BCUT2D eigenvalue weighted by Crippen LogP contribution is -1.83. The first-order valence-electron chi connectivity index (χ1n) is 2.02. The third-order valence-electron chi connectivity index (χ3n) is 0.572. The molecule has 0 aliphatic carbocycles. The van der Waals surface area contributed by atoms with Gasteiger partial charge in [0.1, 0.15) is 6.61 Å². The molecule has 0 fully saturated rings. The van der Waals surface area contributed by atoms with Gasteiger partial charge in [0.25, 0.3) is 0 Å². The fourth-order valence-corrected chi connectivity index (χ4v) is 0.298. The predicted octanol–water partition coefficient (Wildman–Crippen LogP) is 0.821. The molecule has 0 spiro atoms. The Bertz CT molecular complexity index is 82.3. The summed E-state index contributed by atoms with van der Waals surface area (Å²) in [7, 11) is 0. The molecular formula is C5H5O2. The summed E-state index contributed by atoms with van der Waals surface area (Å²) in [5.41, 5.74) is 0. The topological polar surface area (TPSA) is 18.5 Å². The van der Waals surface area contributed by atoms with Gasteiger partial charge in [-0.2, -0.15) is 4.89 Å². The second-order valence-corrected chi connectivity index (χ2v) is 1.08. The minimum atomic E-state index is 0.503. The van der Waals surface area contributed by atoms with Crippen LogP contribution < -0.4 is 0 Å². The molecule has 1 radical (unpaired) electrons. The highest BCUT2D eigenvalue weighted by molar-refractivity contribution is 4.97. The summed E-state index contributed by atoms with van der Waals surface area (Å²) < 4.78 is 0. The largest absolute Gasteiger partial charge is 0.333 e. The first-order valence-corrected chi connectivity index (χ1v) is 2.02. The van der Waals surface area contributed by atoms with Gasteiger partial charge in [-0.15, -0.1) is 0 Å². The van der Waals surface area contributed by atoms with Crippen molar-refractivity contribution in [2.75, 3.05) is 6.61 Å². The van der Waals surface area contributed by atoms with Crippen LogP contribution in [0.2, 0.25) is 0 Å². The highest BCUT2D eigenvalue weighted by Gasteiger charge is 1.81. The summed E-state index contributed by atoms with van der Waals surface area (Å²) in [6.07, 6.45) is 7.70. The first-order chi connectivity index (χ1) is 3.50. The molecule has 0 saturated carbocycles. The van der Waals surface area contributed by atoms with Crippen LogP contribution in [-0.2, 0) is 9.78 Å². The number of rotatable bonds is 0. The lowest BCUT2D eigenvalue weighted by molar-refractivity contribution is -0.247. The Balaban J connectivity index is 2.39. The van der Waals surface area contributed by atoms with Crippen molar-refractivity contribution in [1.82, 2.24) is 0 Å². The summed E-state index contributed by atoms with van der Waals surface area (Å²) in [6.45, 7) is 0.503. The molecule has 0 atom stereocenters. The van der Waals surface area contributed by atoms with E-state index in [1.165, 1.54) is 0 Å². The molecule has 7 heavy (non-hydrogen) atoms. The van der Waals surface area contributed by atoms with Gasteiger partial charge < -0.3 is 4.89 Å². The molecule has 0 aromatic carbocycles. The third-order valence-corrected chi connectivity index (χ3v) is 0.572. The Morgan fingerprint density at radius 3 is 3.57 bits per heavy atom. The normalized spacial score (nSPS) is 18.3. The van der Waals surface area contributed by atoms with E-state index in [1.54, 1.807) is 6.08 Å². The highest BCUT2D eigenvalue weighted by atomic mass is 17.2. The van der Waals surface area contributed by atoms with E-state index in [9.17, 15) is 0 Å². The lowest BCUT2D eigenvalue weighted by Gasteiger charge is -1.88. The van der Waals surface area contributed by atoms with E-state index in [2.05, 4.69) is 16.0 Å². The van der Waals surface area contributed by atoms with Gasteiger partial charge in [0.05, 0.1) is 0 Å². The first kappa shape index (κ1) is 4.40. The molecule has 2 nitrogen and oxygen atoms in total. The van der Waals surface area contributed by atoms with E-state index in [4.69, 9.17) is 0 Å². The van der Waals surface area contributed by atoms with Crippen LogP contribution in [0.25, 0.3) is 0 Å². The summed E-state index contributed by atoms with van der Waals surface area (Å²) in [5.74, 6) is 0. The number of allylic oxidation sites excluding steroid dienone is 2. The van der Waals surface area contributed by atoms with Gasteiger partial charge in [0.15, 0.2) is 0 Å². The molecule has 0 amide bonds. The Labute approximate surface area is 42.0 Å². The third kappa shape index (κ3) is 1.41. The van der Waals surface area contributed by atoms with Crippen LogP contribution in [0.4, 0.5) is 0 Å². The van der Waals surface area contributed by atoms with Crippen molar-refractivity contribution in [1.29, 1.82) is 0 Å². The summed E-state index contributed by atoms with van der Waals surface area (Å²) >= 11 is 0. The molecule has 0 N–H and O–H groups in total. The molecule has 1 rings (SSSR count). The molecule has 37 valence electrons. The smallest absolute Gasteiger partial charge is 0.211 e. The molecular weight excluding hydrogens is 92.1 g/mol. The van der Waals surface area contributed by atoms with E-state index >= 15 is 0 Å². The zero-order chi connectivity index (χ0) is 4.95. The van der Waals surface area contributed by atoms with Crippen molar-refractivity contribution in [3.63, 3.8) is 0 Å². The average Bonchev–Trinajstić information content (AvgIpc) is 1.90. The number of hydrogen-bond acceptors (Lipinski definition) is 2. The standard InChI is InChI=1S/C5H5O2/c1-2-4-6-7-5-3-1/h1-3H,4H2. The second-order valence-electron chi connectivity index (χ2n) is 1.08. The average molecular weight is 97.1 g/mol. The molecule has 1 aliphatic rings. The van der Waals surface area contributed by atoms with Gasteiger partial charge in [-0.1, -0.05) is 12.2 Å². The fraction of sp³-hybridized carbons (Fsp3) is 0.200. The maximum atomic E-state index is 4.47. The van der Waals surface area contributed by atoms with E-state index in [-0.39, 0.29) is 0 Å². The van der Waals surface area contributed by atoms with Crippen LogP contribution in [0.5, 0.6) is 0 Å². The van der Waals surface area contributed by atoms with Crippen molar-refractivity contribution < 1.29 is 9.78 Å². The van der Waals surface area contributed by atoms with Crippen molar-refractivity contribution in [2.24, 2.45) is 0 Å². The zero-order valence-corrected chi connectivity index (χ0v) is 3.76. The Morgan fingerprint density at radius 2 is 2.57 bits per heavy atom. The van der Waals surface area contributed by atoms with Crippen LogP contribution >= 0.6 is 0 Å². The molecule has 0 aromatic rings. The SMILES string of the molecule is [C]1=CC=CCOO1. The van der Waals surface area contributed by atoms with Crippen LogP contribution in [-0.4, -0.2) is 6.61 Å². The number of hydrogen-bond donors (Lipinski definition) is 0. The van der Waals surface area contributed by atoms with Gasteiger partial charge >= 0.3 is 0 Å². The molecule has 0 saturated heterocycles. The Kier molecular flexibility index (Phi) is 1.52. The minimum absolute atomic E-state index is 0.503. The maximum Gasteiger partial charge on any atom is 0.211 e. The van der Waals surface area contributed by atoms with E-state index in [0.29, 0.717) is 6.61 Å². The lowest BCUT2D eigenvalue weighted by atomic mass is 10.5. The predicted molar refractivity (Wildman–Crippen MR) is 24.0 cm³/mol. The minimum Gasteiger partial charge on any atom is -0.333 e. The summed E-state index contributed by atoms with van der Waals surface area (Å²) in [4.78, 5) is 8.79. The Morgan fingerprint density at radius 1 is 1.57 bits per heavy atom. The van der Waals surface area contributed by atoms with Crippen molar-refractivity contribution in [3.8, 4) is 0 Å². The molecule has 0 unspecified atom stereocenters. The van der Waals surface area contributed by atoms with E-state index in [0.717, 1.165) is 0 Å². The maximum absolute atomic E-state index is 4.47. The van der Waals surface area contributed by atoms with Gasteiger partial charge in [-0.25, -0.2) is 0 Å². The Hall–Kier alpha value is -0.760. The van der Waals surface area contributed by atoms with Crippen LogP contribution in [0.15, 0.2) is 18.2 Å². The van der Waals surface area contributed by atoms with Crippen LogP contribution in [0, 0.1) is 6.26 Å². The van der Waals surface area contributed by atoms with Crippen molar-refractivity contribution in [3.05, 3.63) is 24.5 Å². The van der Waals surface area contributed by atoms with E-state index in [1.807, 2.05) is 12.2 Å². The molecule has 0 aromatic heterocycles. The molecule has 0 bridgehead atoms. The van der Waals surface area contributed by atoms with Crippen LogP contribution in [0.3, 0.4) is 0 Å². The fourth-order valence-electron chi connectivity index (χ4n) is 0.298.